The first-order valence-electron chi connectivity index (χ1n) is 6.72. The van der Waals surface area contributed by atoms with E-state index in [-0.39, 0.29) is 18.8 Å². The summed E-state index contributed by atoms with van der Waals surface area (Å²) in [6.45, 7) is 0. The summed E-state index contributed by atoms with van der Waals surface area (Å²) in [4.78, 5) is 22.0. The lowest BCUT2D eigenvalue weighted by molar-refractivity contribution is -0.137. The van der Waals surface area contributed by atoms with Crippen LogP contribution in [-0.2, 0) is 16.0 Å². The van der Waals surface area contributed by atoms with Crippen LogP contribution in [0.5, 0.6) is 0 Å². The van der Waals surface area contributed by atoms with Crippen molar-refractivity contribution in [2.24, 2.45) is 0 Å². The molecule has 0 spiro atoms. The van der Waals surface area contributed by atoms with E-state index in [4.69, 9.17) is 10.2 Å². The van der Waals surface area contributed by atoms with Crippen molar-refractivity contribution in [2.45, 2.75) is 18.8 Å². The second-order valence-corrected chi connectivity index (χ2v) is 5.22. The van der Waals surface area contributed by atoms with Gasteiger partial charge in [-0.2, -0.15) is 0 Å². The Morgan fingerprint density at radius 3 is 2.57 bits per heavy atom. The highest BCUT2D eigenvalue weighted by Gasteiger charge is 2.21. The van der Waals surface area contributed by atoms with E-state index in [1.54, 1.807) is 0 Å². The van der Waals surface area contributed by atoms with Crippen molar-refractivity contribution in [3.63, 3.8) is 0 Å². The molecule has 0 fully saturated rings. The van der Waals surface area contributed by atoms with E-state index >= 15 is 0 Å². The topological polar surface area (TPSA) is 74.6 Å². The third-order valence-electron chi connectivity index (χ3n) is 3.84. The summed E-state index contributed by atoms with van der Waals surface area (Å²) in [5, 5.41) is 20.0. The molecule has 0 heterocycles. The average Bonchev–Trinajstić information content (AvgIpc) is 2.43. The molecule has 0 radical (unpaired) electrons. The minimum absolute atomic E-state index is 0.0342. The highest BCUT2D eigenvalue weighted by molar-refractivity contribution is 5.98. The van der Waals surface area contributed by atoms with Crippen LogP contribution in [-0.4, -0.2) is 22.2 Å². The number of rotatable bonds is 4. The van der Waals surface area contributed by atoms with Crippen molar-refractivity contribution in [3.05, 3.63) is 53.1 Å². The molecule has 0 aromatic heterocycles. The van der Waals surface area contributed by atoms with Crippen molar-refractivity contribution >= 4 is 28.8 Å². The largest absolute Gasteiger partial charge is 0.481 e. The van der Waals surface area contributed by atoms with Gasteiger partial charge in [0.15, 0.2) is 0 Å². The Kier molecular flexibility index (Phi) is 3.22. The third-order valence-corrected chi connectivity index (χ3v) is 3.84. The van der Waals surface area contributed by atoms with Crippen molar-refractivity contribution in [2.75, 3.05) is 0 Å². The molecule has 2 aromatic rings. The van der Waals surface area contributed by atoms with Crippen molar-refractivity contribution < 1.29 is 19.8 Å². The van der Waals surface area contributed by atoms with Gasteiger partial charge in [-0.15, -0.1) is 0 Å². The molecule has 1 aliphatic rings. The molecule has 2 aromatic carbocycles. The Morgan fingerprint density at radius 1 is 1.05 bits per heavy atom. The molecule has 0 bridgehead atoms. The Hall–Kier alpha value is -2.62. The maximum absolute atomic E-state index is 11.0. The molecule has 106 valence electrons. The molecule has 0 saturated carbocycles. The van der Waals surface area contributed by atoms with Crippen LogP contribution >= 0.6 is 0 Å². The van der Waals surface area contributed by atoms with Gasteiger partial charge in [0.25, 0.3) is 0 Å². The molecular formula is C17H14O4. The maximum Gasteiger partial charge on any atom is 0.307 e. The van der Waals surface area contributed by atoms with Crippen LogP contribution in [0, 0.1) is 0 Å². The lowest BCUT2D eigenvalue weighted by Gasteiger charge is -2.21. The first-order valence-corrected chi connectivity index (χ1v) is 6.72. The smallest absolute Gasteiger partial charge is 0.307 e. The van der Waals surface area contributed by atoms with Gasteiger partial charge in [-0.05, 0) is 27.5 Å². The molecular weight excluding hydrogens is 268 g/mol. The zero-order valence-electron chi connectivity index (χ0n) is 11.2. The zero-order valence-corrected chi connectivity index (χ0v) is 11.2. The molecule has 4 heteroatoms. The van der Waals surface area contributed by atoms with Gasteiger partial charge in [0.2, 0.25) is 0 Å². The van der Waals surface area contributed by atoms with Gasteiger partial charge in [0, 0.05) is 5.92 Å². The Morgan fingerprint density at radius 2 is 1.86 bits per heavy atom. The van der Waals surface area contributed by atoms with Crippen LogP contribution in [0.3, 0.4) is 0 Å². The summed E-state index contributed by atoms with van der Waals surface area (Å²) in [6.07, 6.45) is 3.73. The van der Waals surface area contributed by atoms with Crippen LogP contribution in [0.15, 0.2) is 36.4 Å². The van der Waals surface area contributed by atoms with Gasteiger partial charge in [0.05, 0.1) is 12.8 Å². The first kappa shape index (κ1) is 13.4. The molecule has 2 N–H and O–H groups in total. The normalized spacial score (nSPS) is 16.1. The minimum atomic E-state index is -0.871. The molecule has 0 saturated heterocycles. The number of allylic oxidation sites excluding steroid dienone is 1. The van der Waals surface area contributed by atoms with Gasteiger partial charge >= 0.3 is 11.9 Å². The second kappa shape index (κ2) is 5.05. The Labute approximate surface area is 121 Å². The average molecular weight is 282 g/mol. The standard InChI is InChI=1S/C17H14O4/c18-15(19)8-11-5-4-10-2-1-3-13-12(9-16(20)21)6-7-14(11)17(10)13/h1-7,12H,8-9H2,(H,18,19)(H,20,21). The Bertz CT molecular complexity index is 774. The number of benzene rings is 2. The van der Waals surface area contributed by atoms with Gasteiger partial charge in [-0.1, -0.05) is 42.5 Å². The number of hydrogen-bond acceptors (Lipinski definition) is 2. The summed E-state index contributed by atoms with van der Waals surface area (Å²) < 4.78 is 0. The van der Waals surface area contributed by atoms with Crippen LogP contribution in [0.25, 0.3) is 16.8 Å². The van der Waals surface area contributed by atoms with Gasteiger partial charge in [-0.25, -0.2) is 0 Å². The van der Waals surface area contributed by atoms with Crippen molar-refractivity contribution in [1.29, 1.82) is 0 Å². The van der Waals surface area contributed by atoms with E-state index in [1.165, 1.54) is 0 Å². The second-order valence-electron chi connectivity index (χ2n) is 5.22. The molecule has 1 aliphatic carbocycles. The molecule has 0 amide bonds. The van der Waals surface area contributed by atoms with Gasteiger partial charge < -0.3 is 10.2 Å². The fourth-order valence-corrected chi connectivity index (χ4v) is 2.98. The van der Waals surface area contributed by atoms with E-state index in [0.29, 0.717) is 0 Å². The molecule has 1 atom stereocenters. The number of carboxylic acids is 2. The SMILES string of the molecule is O=C(O)Cc1ccc2cccc3c2c1C=CC3CC(=O)O. The highest BCUT2D eigenvalue weighted by Crippen LogP contribution is 2.38. The molecule has 1 unspecified atom stereocenters. The van der Waals surface area contributed by atoms with Crippen LogP contribution in [0.2, 0.25) is 0 Å². The van der Waals surface area contributed by atoms with E-state index in [1.807, 2.05) is 42.5 Å². The van der Waals surface area contributed by atoms with E-state index in [2.05, 4.69) is 0 Å². The Balaban J connectivity index is 2.20. The number of hydrogen-bond donors (Lipinski definition) is 2. The summed E-state index contributed by atoms with van der Waals surface area (Å²) >= 11 is 0. The number of carbonyl (C=O) groups is 2. The lowest BCUT2D eigenvalue weighted by atomic mass is 9.82. The van der Waals surface area contributed by atoms with Gasteiger partial charge in [-0.3, -0.25) is 9.59 Å². The summed E-state index contributed by atoms with van der Waals surface area (Å²) in [5.41, 5.74) is 2.61. The van der Waals surface area contributed by atoms with Crippen LogP contribution < -0.4 is 0 Å². The van der Waals surface area contributed by atoms with Crippen LogP contribution in [0.1, 0.15) is 29.0 Å². The minimum Gasteiger partial charge on any atom is -0.481 e. The van der Waals surface area contributed by atoms with Crippen molar-refractivity contribution in [1.82, 2.24) is 0 Å². The summed E-state index contributed by atoms with van der Waals surface area (Å²) in [5.74, 6) is -1.88. The fraction of sp³-hybridized carbons (Fsp3) is 0.176. The monoisotopic (exact) mass is 282 g/mol. The fourth-order valence-electron chi connectivity index (χ4n) is 2.98. The predicted octanol–water partition coefficient (Wildman–Crippen LogP) is 3.05. The highest BCUT2D eigenvalue weighted by atomic mass is 16.4. The maximum atomic E-state index is 11.0. The molecule has 0 aliphatic heterocycles. The third kappa shape index (κ3) is 2.40. The van der Waals surface area contributed by atoms with E-state index in [0.717, 1.165) is 27.5 Å². The predicted molar refractivity (Wildman–Crippen MR) is 79.3 cm³/mol. The number of aliphatic carboxylic acids is 2. The summed E-state index contributed by atoms with van der Waals surface area (Å²) in [7, 11) is 0. The quantitative estimate of drug-likeness (QED) is 0.903. The first-order chi connectivity index (χ1) is 10.1. The zero-order chi connectivity index (χ0) is 15.0. The summed E-state index contributed by atoms with van der Waals surface area (Å²) in [6, 6.07) is 9.53. The number of carboxylic acid groups (broad SMARTS) is 2. The molecule has 4 nitrogen and oxygen atoms in total. The molecule has 3 rings (SSSR count). The van der Waals surface area contributed by atoms with Crippen LogP contribution in [0.4, 0.5) is 0 Å². The van der Waals surface area contributed by atoms with E-state index < -0.39 is 11.9 Å². The van der Waals surface area contributed by atoms with E-state index in [9.17, 15) is 9.59 Å². The molecule has 21 heavy (non-hydrogen) atoms. The van der Waals surface area contributed by atoms with Crippen molar-refractivity contribution in [3.8, 4) is 0 Å². The lowest BCUT2D eigenvalue weighted by Crippen LogP contribution is -2.09. The van der Waals surface area contributed by atoms with Gasteiger partial charge in [0.1, 0.15) is 0 Å².